The number of nitrogens with two attached hydrogens (primary N) is 1. The predicted octanol–water partition coefficient (Wildman–Crippen LogP) is 3.29. The highest BCUT2D eigenvalue weighted by molar-refractivity contribution is 6.08. The number of hydrogen-bond acceptors (Lipinski definition) is 5. The minimum atomic E-state index is -1.19. The Morgan fingerprint density at radius 1 is 1.39 bits per heavy atom. The van der Waals surface area contributed by atoms with Gasteiger partial charge in [-0.3, -0.25) is 4.79 Å². The monoisotopic (exact) mass is 380 g/mol. The highest BCUT2D eigenvalue weighted by Gasteiger charge is 2.25. The smallest absolute Gasteiger partial charge is 0.328 e. The van der Waals surface area contributed by atoms with Crippen LogP contribution in [0.1, 0.15) is 58.7 Å². The summed E-state index contributed by atoms with van der Waals surface area (Å²) in [5.74, 6) is -2.91. The van der Waals surface area contributed by atoms with E-state index in [9.17, 15) is 9.59 Å². The lowest BCUT2D eigenvalue weighted by Gasteiger charge is -2.19. The maximum absolute atomic E-state index is 15.3. The molecule has 1 aliphatic carbocycles. The van der Waals surface area contributed by atoms with Crippen LogP contribution in [0, 0.1) is 17.1 Å². The summed E-state index contributed by atoms with van der Waals surface area (Å²) in [5, 5.41) is 17.8. The number of allylic oxidation sites excluding steroid dienone is 2. The number of carbonyl (C=O) groups is 2. The van der Waals surface area contributed by atoms with E-state index in [1.807, 2.05) is 12.1 Å². The number of nitriles is 1. The Bertz CT molecular complexity index is 1060. The van der Waals surface area contributed by atoms with Gasteiger partial charge in [0.05, 0.1) is 11.8 Å². The van der Waals surface area contributed by atoms with Gasteiger partial charge in [-0.05, 0) is 49.0 Å². The molecule has 28 heavy (non-hydrogen) atoms. The number of carboxylic acid groups (broad SMARTS) is 1. The van der Waals surface area contributed by atoms with Crippen LogP contribution in [0.4, 0.5) is 10.1 Å². The molecule has 0 saturated carbocycles. The quantitative estimate of drug-likeness (QED) is 0.414. The second kappa shape index (κ2) is 7.88. The van der Waals surface area contributed by atoms with Gasteiger partial charge in [-0.1, -0.05) is 6.08 Å². The number of nitrogens with one attached hydrogen (secondary N) is 1. The Morgan fingerprint density at radius 2 is 2.18 bits per heavy atom. The average Bonchev–Trinajstić information content (AvgIpc) is 3.17. The molecule has 1 heterocycles. The first-order chi connectivity index (χ1) is 13.4. The Kier molecular flexibility index (Phi) is 5.36. The van der Waals surface area contributed by atoms with Crippen LogP contribution in [0.2, 0.25) is 0 Å². The summed E-state index contributed by atoms with van der Waals surface area (Å²) in [7, 11) is 0. The number of anilines is 1. The molecule has 0 atom stereocenters. The second-order valence-corrected chi connectivity index (χ2v) is 6.35. The highest BCUT2D eigenvalue weighted by atomic mass is 19.1. The molecule has 0 fully saturated rings. The van der Waals surface area contributed by atoms with E-state index in [1.165, 1.54) is 18.3 Å². The molecule has 3 rings (SSSR count). The molecule has 0 amide bonds. The van der Waals surface area contributed by atoms with Crippen molar-refractivity contribution >= 4 is 29.1 Å². The van der Waals surface area contributed by atoms with Crippen molar-refractivity contribution in [1.29, 1.82) is 5.26 Å². The Morgan fingerprint density at radius 3 is 2.79 bits per heavy atom. The fourth-order valence-electron chi connectivity index (χ4n) is 3.16. The summed E-state index contributed by atoms with van der Waals surface area (Å²) < 4.78 is 15.3. The van der Waals surface area contributed by atoms with Crippen molar-refractivity contribution in [2.45, 2.75) is 25.7 Å². The van der Waals surface area contributed by atoms with Crippen LogP contribution in [0.5, 0.6) is 0 Å². The van der Waals surface area contributed by atoms with E-state index in [0.717, 1.165) is 25.3 Å². The van der Waals surface area contributed by atoms with E-state index in [0.29, 0.717) is 12.0 Å². The molecule has 4 N–H and O–H groups in total. The molecule has 1 aromatic heterocycles. The number of carboxylic acids is 1. The Balaban J connectivity index is 2.19. The number of aromatic nitrogens is 2. The number of H-pyrrole nitrogens is 1. The summed E-state index contributed by atoms with van der Waals surface area (Å²) in [5.41, 5.74) is 7.02. The number of halogens is 1. The molecule has 0 aliphatic heterocycles. The van der Waals surface area contributed by atoms with Gasteiger partial charge in [0.1, 0.15) is 17.6 Å². The summed E-state index contributed by atoms with van der Waals surface area (Å²) in [6.45, 7) is 0. The number of carbonyl (C=O) groups excluding carboxylic acids is 1. The van der Waals surface area contributed by atoms with Gasteiger partial charge in [0.2, 0.25) is 5.78 Å². The Labute approximate surface area is 160 Å². The van der Waals surface area contributed by atoms with Crippen LogP contribution in [-0.4, -0.2) is 26.8 Å². The zero-order valence-electron chi connectivity index (χ0n) is 14.8. The van der Waals surface area contributed by atoms with E-state index in [1.54, 1.807) is 0 Å². The number of benzene rings is 1. The van der Waals surface area contributed by atoms with Crippen LogP contribution >= 0.6 is 0 Å². The lowest BCUT2D eigenvalue weighted by molar-refractivity contribution is -0.131. The highest BCUT2D eigenvalue weighted by Crippen LogP contribution is 2.36. The third kappa shape index (κ3) is 3.69. The van der Waals surface area contributed by atoms with Gasteiger partial charge < -0.3 is 15.8 Å². The van der Waals surface area contributed by atoms with Gasteiger partial charge >= 0.3 is 5.97 Å². The molecule has 0 radical (unpaired) electrons. The standard InChI is InChI=1S/C20H17FN4O3/c21-17-14(19(28)20-24-10-13(9-22)25-20)8-12(6-7-15(26)27)18(23)16(17)11-4-2-1-3-5-11/h4,6-8,10H,1-3,5,23H2,(H,24,25)(H,26,27). The molecule has 0 unspecified atom stereocenters. The number of ketones is 1. The van der Waals surface area contributed by atoms with Gasteiger partial charge in [0.15, 0.2) is 5.82 Å². The van der Waals surface area contributed by atoms with Crippen LogP contribution in [0.25, 0.3) is 11.6 Å². The predicted molar refractivity (Wildman–Crippen MR) is 101 cm³/mol. The molecule has 0 saturated heterocycles. The number of aromatic amines is 1. The van der Waals surface area contributed by atoms with Crippen molar-refractivity contribution in [3.05, 3.63) is 58.4 Å². The number of nitrogen functional groups attached to an aromatic ring is 1. The summed E-state index contributed by atoms with van der Waals surface area (Å²) in [6.07, 6.45) is 8.40. The minimum absolute atomic E-state index is 0.0698. The zero-order valence-corrected chi connectivity index (χ0v) is 14.8. The zero-order chi connectivity index (χ0) is 20.3. The number of rotatable bonds is 5. The van der Waals surface area contributed by atoms with Gasteiger partial charge in [0.25, 0.3) is 0 Å². The maximum atomic E-state index is 15.3. The average molecular weight is 380 g/mol. The first-order valence-corrected chi connectivity index (χ1v) is 8.64. The van der Waals surface area contributed by atoms with Crippen LogP contribution < -0.4 is 5.73 Å². The fraction of sp³-hybridized carbons (Fsp3) is 0.200. The molecule has 1 aromatic carbocycles. The van der Waals surface area contributed by atoms with Crippen molar-refractivity contribution in [2.24, 2.45) is 0 Å². The molecule has 2 aromatic rings. The third-order valence-corrected chi connectivity index (χ3v) is 4.51. The summed E-state index contributed by atoms with van der Waals surface area (Å²) in [4.78, 5) is 30.0. The summed E-state index contributed by atoms with van der Waals surface area (Å²) >= 11 is 0. The first kappa shape index (κ1) is 19.0. The number of imidazole rings is 1. The lowest BCUT2D eigenvalue weighted by atomic mass is 9.88. The third-order valence-electron chi connectivity index (χ3n) is 4.51. The van der Waals surface area contributed by atoms with Crippen LogP contribution in [0.3, 0.4) is 0 Å². The normalized spacial score (nSPS) is 13.9. The van der Waals surface area contributed by atoms with Crippen molar-refractivity contribution < 1.29 is 19.1 Å². The number of nitrogens with zero attached hydrogens (tertiary/aromatic N) is 2. The maximum Gasteiger partial charge on any atom is 0.328 e. The topological polar surface area (TPSA) is 133 Å². The van der Waals surface area contributed by atoms with Crippen LogP contribution in [0.15, 0.2) is 24.4 Å². The molecular weight excluding hydrogens is 363 g/mol. The van der Waals surface area contributed by atoms with Crippen molar-refractivity contribution in [3.8, 4) is 6.07 Å². The minimum Gasteiger partial charge on any atom is -0.478 e. The SMILES string of the molecule is N#Cc1cnc(C(=O)c2cc(C=CC(=O)O)c(N)c(C3=CCCCC3)c2F)[nH]1. The van der Waals surface area contributed by atoms with Crippen molar-refractivity contribution in [1.82, 2.24) is 9.97 Å². The molecule has 1 aliphatic rings. The molecular formula is C20H17FN4O3. The van der Waals surface area contributed by atoms with Gasteiger partial charge in [-0.15, -0.1) is 0 Å². The van der Waals surface area contributed by atoms with Crippen molar-refractivity contribution in [3.63, 3.8) is 0 Å². The molecule has 0 spiro atoms. The van der Waals surface area contributed by atoms with Gasteiger partial charge in [-0.2, -0.15) is 5.26 Å². The Hall–Kier alpha value is -3.73. The van der Waals surface area contributed by atoms with E-state index >= 15 is 4.39 Å². The molecule has 0 bridgehead atoms. The molecule has 142 valence electrons. The largest absolute Gasteiger partial charge is 0.478 e. The van der Waals surface area contributed by atoms with E-state index in [4.69, 9.17) is 16.1 Å². The fourth-order valence-corrected chi connectivity index (χ4v) is 3.16. The summed E-state index contributed by atoms with van der Waals surface area (Å²) in [6, 6.07) is 3.02. The van der Waals surface area contributed by atoms with Gasteiger partial charge in [0, 0.05) is 17.3 Å². The number of hydrogen-bond donors (Lipinski definition) is 3. The second-order valence-electron chi connectivity index (χ2n) is 6.35. The molecule has 8 heteroatoms. The molecule has 7 nitrogen and oxygen atoms in total. The van der Waals surface area contributed by atoms with Crippen LogP contribution in [-0.2, 0) is 4.79 Å². The van der Waals surface area contributed by atoms with E-state index < -0.39 is 17.6 Å². The van der Waals surface area contributed by atoms with Crippen molar-refractivity contribution in [2.75, 3.05) is 5.73 Å². The lowest BCUT2D eigenvalue weighted by Crippen LogP contribution is -2.12. The number of aliphatic carboxylic acids is 1. The first-order valence-electron chi connectivity index (χ1n) is 8.64. The van der Waals surface area contributed by atoms with E-state index in [-0.39, 0.29) is 33.9 Å². The van der Waals surface area contributed by atoms with E-state index in [2.05, 4.69) is 9.97 Å². The van der Waals surface area contributed by atoms with Gasteiger partial charge in [-0.25, -0.2) is 14.2 Å².